The molecular formula is C26H20Br2N4O4. The van der Waals surface area contributed by atoms with Crippen molar-refractivity contribution >= 4 is 65.5 Å². The number of pyridine rings is 1. The molecule has 1 fully saturated rings. The fourth-order valence-corrected chi connectivity index (χ4v) is 7.43. The maximum Gasteiger partial charge on any atom is 0.324 e. The zero-order chi connectivity index (χ0) is 25.6. The van der Waals surface area contributed by atoms with Crippen molar-refractivity contribution in [3.63, 3.8) is 0 Å². The Hall–Kier alpha value is -2.98. The van der Waals surface area contributed by atoms with Crippen molar-refractivity contribution in [2.24, 2.45) is 5.41 Å². The number of carbonyl (C=O) groups is 1. The van der Waals surface area contributed by atoms with E-state index in [9.17, 15) is 14.9 Å². The molecule has 2 aliphatic rings. The molecule has 2 heterocycles. The van der Waals surface area contributed by atoms with E-state index in [1.54, 1.807) is 12.3 Å². The van der Waals surface area contributed by atoms with Gasteiger partial charge >= 0.3 is 5.97 Å². The number of hydrogen-bond donors (Lipinski definition) is 0. The van der Waals surface area contributed by atoms with Crippen LogP contribution < -0.4 is 4.74 Å². The number of halogens is 2. The van der Waals surface area contributed by atoms with Gasteiger partial charge in [0.05, 0.1) is 31.8 Å². The molecule has 182 valence electrons. The Bertz CT molecular complexity index is 1660. The molecule has 2 atom stereocenters. The van der Waals surface area contributed by atoms with Crippen molar-refractivity contribution in [1.82, 2.24) is 15.0 Å². The molecule has 1 saturated carbocycles. The highest BCUT2D eigenvalue weighted by Crippen LogP contribution is 2.70. The van der Waals surface area contributed by atoms with E-state index in [0.717, 1.165) is 22.0 Å². The molecule has 0 N–H and O–H groups in total. The van der Waals surface area contributed by atoms with E-state index >= 15 is 0 Å². The summed E-state index contributed by atoms with van der Waals surface area (Å²) in [4.78, 5) is 39.4. The average molecular weight is 612 g/mol. The van der Waals surface area contributed by atoms with Gasteiger partial charge in [-0.15, -0.1) is 0 Å². The quantitative estimate of drug-likeness (QED) is 0.112. The minimum atomic E-state index is -1.07. The molecule has 0 spiro atoms. The normalized spacial score (nSPS) is 23.7. The van der Waals surface area contributed by atoms with Crippen LogP contribution >= 0.6 is 31.9 Å². The molecule has 0 aliphatic heterocycles. The summed E-state index contributed by atoms with van der Waals surface area (Å²) in [5, 5.41) is 12.2. The summed E-state index contributed by atoms with van der Waals surface area (Å²) in [6, 6.07) is 10.0. The number of benzene rings is 2. The van der Waals surface area contributed by atoms with Crippen molar-refractivity contribution in [3.05, 3.63) is 73.0 Å². The highest BCUT2D eigenvalue weighted by molar-refractivity contribution is 9.11. The second-order valence-electron chi connectivity index (χ2n) is 10.2. The molecule has 4 aromatic rings. The lowest BCUT2D eigenvalue weighted by Gasteiger charge is -2.38. The van der Waals surface area contributed by atoms with Gasteiger partial charge in [-0.1, -0.05) is 42.8 Å². The third-order valence-corrected chi connectivity index (χ3v) is 9.77. The maximum atomic E-state index is 14.2. The Kier molecular flexibility index (Phi) is 4.89. The Morgan fingerprint density at radius 1 is 1.03 bits per heavy atom. The lowest BCUT2D eigenvalue weighted by Crippen LogP contribution is -2.48. The molecular weight excluding hydrogens is 592 g/mol. The van der Waals surface area contributed by atoms with E-state index in [4.69, 9.17) is 14.7 Å². The SMILES string of the molecule is CC12CCC(C(=O)Oc3c(Br)cc(Br)c4cccnc34)(c3nc4cc([N+](=O)[O-])ccc4nc31)C2(C)C. The highest BCUT2D eigenvalue weighted by Gasteiger charge is 2.74. The molecule has 2 unspecified atom stereocenters. The van der Waals surface area contributed by atoms with Crippen LogP contribution in [0.3, 0.4) is 0 Å². The number of nitro groups is 1. The van der Waals surface area contributed by atoms with Gasteiger partial charge in [-0.05, 0) is 52.4 Å². The summed E-state index contributed by atoms with van der Waals surface area (Å²) in [7, 11) is 0. The molecule has 2 aromatic carbocycles. The molecule has 6 rings (SSSR count). The van der Waals surface area contributed by atoms with Gasteiger partial charge in [-0.25, -0.2) is 9.97 Å². The molecule has 2 aromatic heterocycles. The van der Waals surface area contributed by atoms with Gasteiger partial charge in [-0.2, -0.15) is 0 Å². The van der Waals surface area contributed by atoms with Crippen LogP contribution in [0.15, 0.2) is 51.5 Å². The van der Waals surface area contributed by atoms with Crippen LogP contribution in [0.4, 0.5) is 5.69 Å². The summed E-state index contributed by atoms with van der Waals surface area (Å²) in [6.45, 7) is 6.24. The molecule has 0 saturated heterocycles. The Labute approximate surface area is 222 Å². The van der Waals surface area contributed by atoms with Gasteiger partial charge in [0, 0.05) is 33.6 Å². The van der Waals surface area contributed by atoms with E-state index in [2.05, 4.69) is 57.6 Å². The van der Waals surface area contributed by atoms with Gasteiger partial charge in [0.15, 0.2) is 5.75 Å². The van der Waals surface area contributed by atoms with E-state index < -0.39 is 27.1 Å². The number of aromatic nitrogens is 3. The van der Waals surface area contributed by atoms with Crippen LogP contribution in [-0.2, 0) is 15.6 Å². The highest BCUT2D eigenvalue weighted by atomic mass is 79.9. The third kappa shape index (κ3) is 2.79. The van der Waals surface area contributed by atoms with Crippen molar-refractivity contribution in [1.29, 1.82) is 0 Å². The molecule has 0 amide bonds. The molecule has 0 radical (unpaired) electrons. The Balaban J connectivity index is 1.55. The van der Waals surface area contributed by atoms with Crippen molar-refractivity contribution in [2.75, 3.05) is 0 Å². The standard InChI is InChI=1S/C26H20Br2N4O4/c1-24(2)25(3)8-9-26(24,22-21(25)30-17-7-6-13(32(34)35)11-18(17)31-22)23(33)36-20-16(28)12-15(27)14-5-4-10-29-19(14)20/h4-7,10-12H,8-9H2,1-3H3. The number of nitrogens with zero attached hydrogens (tertiary/aromatic N) is 4. The molecule has 8 nitrogen and oxygen atoms in total. The number of esters is 1. The summed E-state index contributed by atoms with van der Waals surface area (Å²) in [6.07, 6.45) is 2.94. The van der Waals surface area contributed by atoms with E-state index in [1.807, 2.05) is 18.2 Å². The van der Waals surface area contributed by atoms with Crippen molar-refractivity contribution in [3.8, 4) is 5.75 Å². The topological polar surface area (TPSA) is 108 Å². The maximum absolute atomic E-state index is 14.2. The predicted molar refractivity (Wildman–Crippen MR) is 141 cm³/mol. The first-order valence-electron chi connectivity index (χ1n) is 11.4. The lowest BCUT2D eigenvalue weighted by atomic mass is 9.64. The monoisotopic (exact) mass is 610 g/mol. The molecule has 10 heteroatoms. The minimum Gasteiger partial charge on any atom is -0.422 e. The Morgan fingerprint density at radius 3 is 2.53 bits per heavy atom. The summed E-state index contributed by atoms with van der Waals surface area (Å²) in [5.74, 6) is -0.0838. The first kappa shape index (κ1) is 23.4. The number of rotatable bonds is 3. The number of hydrogen-bond acceptors (Lipinski definition) is 7. The van der Waals surface area contributed by atoms with Gasteiger partial charge in [0.2, 0.25) is 0 Å². The van der Waals surface area contributed by atoms with Crippen LogP contribution in [0.2, 0.25) is 0 Å². The van der Waals surface area contributed by atoms with Crippen LogP contribution in [-0.4, -0.2) is 25.8 Å². The predicted octanol–water partition coefficient (Wildman–Crippen LogP) is 6.55. The molecule has 36 heavy (non-hydrogen) atoms. The number of fused-ring (bicyclic) bond motifs is 7. The van der Waals surface area contributed by atoms with Gasteiger partial charge in [0.1, 0.15) is 10.9 Å². The Morgan fingerprint density at radius 2 is 1.78 bits per heavy atom. The smallest absolute Gasteiger partial charge is 0.324 e. The van der Waals surface area contributed by atoms with E-state index in [1.165, 1.54) is 12.1 Å². The number of ether oxygens (including phenoxy) is 1. The first-order valence-corrected chi connectivity index (χ1v) is 13.0. The van der Waals surface area contributed by atoms with E-state index in [0.29, 0.717) is 38.9 Å². The second kappa shape index (κ2) is 7.52. The van der Waals surface area contributed by atoms with Crippen molar-refractivity contribution in [2.45, 2.75) is 44.4 Å². The van der Waals surface area contributed by atoms with E-state index in [-0.39, 0.29) is 5.69 Å². The third-order valence-electron chi connectivity index (χ3n) is 8.53. The van der Waals surface area contributed by atoms with Crippen LogP contribution in [0.25, 0.3) is 21.9 Å². The zero-order valence-corrected chi connectivity index (χ0v) is 22.8. The van der Waals surface area contributed by atoms with Crippen LogP contribution in [0, 0.1) is 15.5 Å². The lowest BCUT2D eigenvalue weighted by molar-refractivity contribution is -0.384. The molecule has 2 bridgehead atoms. The van der Waals surface area contributed by atoms with Gasteiger partial charge < -0.3 is 4.74 Å². The van der Waals surface area contributed by atoms with Gasteiger partial charge in [-0.3, -0.25) is 19.9 Å². The number of non-ortho nitro benzene ring substituents is 1. The van der Waals surface area contributed by atoms with Crippen LogP contribution in [0.5, 0.6) is 5.75 Å². The summed E-state index contributed by atoms with van der Waals surface area (Å²) in [5.41, 5.74) is 0.696. The zero-order valence-electron chi connectivity index (χ0n) is 19.6. The number of nitro benzene ring substituents is 1. The summed E-state index contributed by atoms with van der Waals surface area (Å²) >= 11 is 7.10. The largest absolute Gasteiger partial charge is 0.422 e. The average Bonchev–Trinajstić information content (AvgIpc) is 3.14. The fourth-order valence-electron chi connectivity index (χ4n) is 6.08. The fraction of sp³-hybridized carbons (Fsp3) is 0.308. The van der Waals surface area contributed by atoms with Crippen LogP contribution in [0.1, 0.15) is 45.0 Å². The number of carbonyl (C=O) groups excluding carboxylic acids is 1. The second-order valence-corrected chi connectivity index (χ2v) is 11.9. The van der Waals surface area contributed by atoms with Gasteiger partial charge in [0.25, 0.3) is 5.69 Å². The van der Waals surface area contributed by atoms with Crippen molar-refractivity contribution < 1.29 is 14.5 Å². The summed E-state index contributed by atoms with van der Waals surface area (Å²) < 4.78 is 7.61. The minimum absolute atomic E-state index is 0.0710. The molecule has 2 aliphatic carbocycles. The first-order chi connectivity index (χ1) is 17.0.